The van der Waals surface area contributed by atoms with Gasteiger partial charge in [0.1, 0.15) is 0 Å². The third kappa shape index (κ3) is 51.3. The van der Waals surface area contributed by atoms with Crippen molar-refractivity contribution in [3.8, 4) is 0 Å². The van der Waals surface area contributed by atoms with Gasteiger partial charge in [-0.1, -0.05) is 243 Å². The van der Waals surface area contributed by atoms with Crippen molar-refractivity contribution in [2.75, 3.05) is 13.2 Å². The van der Waals surface area contributed by atoms with Crippen molar-refractivity contribution >= 4 is 11.9 Å². The summed E-state index contributed by atoms with van der Waals surface area (Å²) >= 11 is 0. The van der Waals surface area contributed by atoms with E-state index in [4.69, 9.17) is 4.74 Å². The molecule has 0 fully saturated rings. The average Bonchev–Trinajstić information content (AvgIpc) is 3.31. The second-order valence-electron chi connectivity index (χ2n) is 19.6. The van der Waals surface area contributed by atoms with E-state index in [1.807, 2.05) is 6.08 Å². The van der Waals surface area contributed by atoms with Crippen molar-refractivity contribution in [1.82, 2.24) is 5.32 Å². The van der Waals surface area contributed by atoms with Crippen LogP contribution in [0.1, 0.15) is 303 Å². The monoisotopic (exact) mass is 914 g/mol. The molecule has 0 bridgehead atoms. The van der Waals surface area contributed by atoms with Crippen LogP contribution in [0.4, 0.5) is 0 Å². The van der Waals surface area contributed by atoms with Gasteiger partial charge in [-0.25, -0.2) is 0 Å². The Bertz CT molecular complexity index is 1060. The fraction of sp³-hybridized carbons (Fsp3) is 0.864. The van der Waals surface area contributed by atoms with Gasteiger partial charge in [-0.2, -0.15) is 0 Å². The van der Waals surface area contributed by atoms with Gasteiger partial charge < -0.3 is 20.3 Å². The molecule has 0 spiro atoms. The van der Waals surface area contributed by atoms with E-state index in [0.29, 0.717) is 19.4 Å². The molecule has 0 aromatic rings. The average molecular weight is 915 g/mol. The number of nitrogens with one attached hydrogen (secondary N) is 1. The fourth-order valence-electron chi connectivity index (χ4n) is 8.68. The highest BCUT2D eigenvalue weighted by Crippen LogP contribution is 2.16. The van der Waals surface area contributed by atoms with Crippen molar-refractivity contribution in [2.24, 2.45) is 0 Å². The Labute approximate surface area is 404 Å². The van der Waals surface area contributed by atoms with Crippen molar-refractivity contribution in [1.29, 1.82) is 0 Å². The summed E-state index contributed by atoms with van der Waals surface area (Å²) < 4.78 is 5.45. The number of aliphatic hydroxyl groups excluding tert-OH is 2. The third-order valence-electron chi connectivity index (χ3n) is 13.1. The van der Waals surface area contributed by atoms with Gasteiger partial charge in [0.15, 0.2) is 0 Å². The SMILES string of the molecule is CCCCCCC/C=C\CCCCCCCC(=O)OCCCCCC/C=C\CCCCCCCCCC(=O)NC(CO)C(O)/C=C/CCCCCCCCCCCCCCCCCCC. The summed E-state index contributed by atoms with van der Waals surface area (Å²) in [5, 5.41) is 23.1. The second-order valence-corrected chi connectivity index (χ2v) is 19.6. The van der Waals surface area contributed by atoms with Crippen LogP contribution in [0.2, 0.25) is 0 Å². The summed E-state index contributed by atoms with van der Waals surface area (Å²) in [5.41, 5.74) is 0. The minimum atomic E-state index is -0.855. The molecule has 6 heteroatoms. The smallest absolute Gasteiger partial charge is 0.305 e. The van der Waals surface area contributed by atoms with Crippen LogP contribution in [0.3, 0.4) is 0 Å². The summed E-state index contributed by atoms with van der Waals surface area (Å²) in [6.45, 7) is 4.86. The van der Waals surface area contributed by atoms with Crippen LogP contribution >= 0.6 is 0 Å². The van der Waals surface area contributed by atoms with Crippen molar-refractivity contribution in [2.45, 2.75) is 315 Å². The van der Waals surface area contributed by atoms with E-state index >= 15 is 0 Å². The van der Waals surface area contributed by atoms with Gasteiger partial charge in [-0.05, 0) is 83.5 Å². The number of carbonyl (C=O) groups excluding carboxylic acids is 2. The van der Waals surface area contributed by atoms with Crippen LogP contribution in [-0.4, -0.2) is 47.4 Å². The largest absolute Gasteiger partial charge is 0.466 e. The van der Waals surface area contributed by atoms with Gasteiger partial charge in [-0.3, -0.25) is 9.59 Å². The van der Waals surface area contributed by atoms with Crippen LogP contribution in [0, 0.1) is 0 Å². The molecule has 0 radical (unpaired) electrons. The van der Waals surface area contributed by atoms with E-state index in [-0.39, 0.29) is 18.5 Å². The normalized spacial score (nSPS) is 12.9. The summed E-state index contributed by atoms with van der Waals surface area (Å²) in [7, 11) is 0. The molecule has 382 valence electrons. The quantitative estimate of drug-likeness (QED) is 0.0321. The van der Waals surface area contributed by atoms with Gasteiger partial charge in [-0.15, -0.1) is 0 Å². The Morgan fingerprint density at radius 2 is 0.723 bits per heavy atom. The molecule has 0 saturated carbocycles. The third-order valence-corrected chi connectivity index (χ3v) is 13.1. The van der Waals surface area contributed by atoms with E-state index in [1.54, 1.807) is 6.08 Å². The molecule has 2 atom stereocenters. The summed E-state index contributed by atoms with van der Waals surface area (Å²) in [5.74, 6) is -0.102. The predicted molar refractivity (Wildman–Crippen MR) is 283 cm³/mol. The molecule has 0 saturated heterocycles. The molecule has 0 aromatic carbocycles. The highest BCUT2D eigenvalue weighted by atomic mass is 16.5. The lowest BCUT2D eigenvalue weighted by Crippen LogP contribution is -2.45. The molecule has 0 rings (SSSR count). The van der Waals surface area contributed by atoms with Crippen molar-refractivity contribution < 1.29 is 24.5 Å². The number of aliphatic hydroxyl groups is 2. The summed E-state index contributed by atoms with van der Waals surface area (Å²) in [6, 6.07) is -0.640. The number of amides is 1. The molecule has 0 aliphatic heterocycles. The van der Waals surface area contributed by atoms with Gasteiger partial charge >= 0.3 is 5.97 Å². The van der Waals surface area contributed by atoms with Gasteiger partial charge in [0.25, 0.3) is 0 Å². The Morgan fingerprint density at radius 3 is 1.09 bits per heavy atom. The second kappa shape index (κ2) is 54.7. The van der Waals surface area contributed by atoms with Crippen LogP contribution in [-0.2, 0) is 14.3 Å². The van der Waals surface area contributed by atoms with Crippen molar-refractivity contribution in [3.63, 3.8) is 0 Å². The van der Waals surface area contributed by atoms with Crippen LogP contribution < -0.4 is 5.32 Å². The molecule has 3 N–H and O–H groups in total. The molecular formula is C59H111NO5. The number of carbonyl (C=O) groups is 2. The number of hydrogen-bond donors (Lipinski definition) is 3. The molecule has 6 nitrogen and oxygen atoms in total. The number of rotatable bonds is 53. The van der Waals surface area contributed by atoms with E-state index in [0.717, 1.165) is 70.6 Å². The standard InChI is InChI=1S/C59H111NO5/c1-3-5-7-9-11-13-15-17-19-20-21-22-24-27-31-35-39-43-47-51-57(62)56(55-61)60-58(63)52-48-44-40-36-32-28-25-23-26-30-34-38-42-46-50-54-65-59(64)53-49-45-41-37-33-29-18-16-14-12-10-8-6-4-2/h16,18,26,30,47,51,56-57,61-62H,3-15,17,19-25,27-29,31-46,48-50,52-55H2,1-2H3,(H,60,63)/b18-16-,30-26-,51-47+. The number of hydrogen-bond acceptors (Lipinski definition) is 5. The Balaban J connectivity index is 3.52. The Morgan fingerprint density at radius 1 is 0.415 bits per heavy atom. The first-order chi connectivity index (χ1) is 32.0. The zero-order chi connectivity index (χ0) is 47.2. The molecule has 0 heterocycles. The molecule has 0 aromatic heterocycles. The first-order valence-corrected chi connectivity index (χ1v) is 28.8. The van der Waals surface area contributed by atoms with E-state index in [1.165, 1.54) is 205 Å². The maximum Gasteiger partial charge on any atom is 0.305 e. The predicted octanol–water partition coefficient (Wildman–Crippen LogP) is 17.6. The van der Waals surface area contributed by atoms with Crippen molar-refractivity contribution in [3.05, 3.63) is 36.5 Å². The summed E-state index contributed by atoms with van der Waals surface area (Å²) in [4.78, 5) is 24.5. The zero-order valence-corrected chi connectivity index (χ0v) is 43.5. The number of unbranched alkanes of at least 4 members (excludes halogenated alkanes) is 38. The van der Waals surface area contributed by atoms with E-state index < -0.39 is 12.1 Å². The summed E-state index contributed by atoms with van der Waals surface area (Å²) in [6.07, 6.45) is 67.3. The van der Waals surface area contributed by atoms with Gasteiger partial charge in [0, 0.05) is 12.8 Å². The maximum absolute atomic E-state index is 12.5. The lowest BCUT2D eigenvalue weighted by molar-refractivity contribution is -0.143. The minimum absolute atomic E-state index is 0.0198. The Kier molecular flexibility index (Phi) is 53.1. The highest BCUT2D eigenvalue weighted by Gasteiger charge is 2.18. The first kappa shape index (κ1) is 63.1. The van der Waals surface area contributed by atoms with E-state index in [2.05, 4.69) is 43.5 Å². The first-order valence-electron chi connectivity index (χ1n) is 28.8. The lowest BCUT2D eigenvalue weighted by Gasteiger charge is -2.20. The van der Waals surface area contributed by atoms with Crippen LogP contribution in [0.25, 0.3) is 0 Å². The van der Waals surface area contributed by atoms with Crippen LogP contribution in [0.15, 0.2) is 36.5 Å². The highest BCUT2D eigenvalue weighted by molar-refractivity contribution is 5.76. The topological polar surface area (TPSA) is 95.9 Å². The Hall–Kier alpha value is -1.92. The molecule has 2 unspecified atom stereocenters. The number of allylic oxidation sites excluding steroid dienone is 5. The number of esters is 1. The molecule has 0 aliphatic carbocycles. The van der Waals surface area contributed by atoms with Gasteiger partial charge in [0.2, 0.25) is 5.91 Å². The minimum Gasteiger partial charge on any atom is -0.466 e. The molecule has 65 heavy (non-hydrogen) atoms. The molecule has 1 amide bonds. The molecular weight excluding hydrogens is 803 g/mol. The fourth-order valence-corrected chi connectivity index (χ4v) is 8.68. The number of ether oxygens (including phenoxy) is 1. The van der Waals surface area contributed by atoms with Crippen LogP contribution in [0.5, 0.6) is 0 Å². The lowest BCUT2D eigenvalue weighted by atomic mass is 10.0. The maximum atomic E-state index is 12.5. The van der Waals surface area contributed by atoms with Gasteiger partial charge in [0.05, 0.1) is 25.4 Å². The molecule has 0 aliphatic rings. The van der Waals surface area contributed by atoms with E-state index in [9.17, 15) is 19.8 Å². The zero-order valence-electron chi connectivity index (χ0n) is 43.5.